The van der Waals surface area contributed by atoms with Crippen LogP contribution in [0.15, 0.2) is 0 Å². The molecule has 1 N–H and O–H groups in total. The number of nitrogens with one attached hydrogen (secondary N) is 1. The number of rotatable bonds is 3. The van der Waals surface area contributed by atoms with Crippen molar-refractivity contribution in [2.24, 2.45) is 0 Å². The molecule has 0 aromatic heterocycles. The van der Waals surface area contributed by atoms with E-state index < -0.39 is 9.29 Å². The Balaban J connectivity index is 3.84. The molecule has 0 aromatic carbocycles. The lowest BCUT2D eigenvalue weighted by Crippen LogP contribution is -2.38. The number of carbonyl (C=O) groups is 1. The number of halogens is 4. The van der Waals surface area contributed by atoms with Gasteiger partial charge in [-0.05, 0) is 0 Å². The van der Waals surface area contributed by atoms with E-state index >= 15 is 0 Å². The molecule has 0 fully saturated rings. The molecule has 9 heavy (non-hydrogen) atoms. The van der Waals surface area contributed by atoms with Crippen LogP contribution >= 0.6 is 46.4 Å². The monoisotopic (exact) mass is 209 g/mol. The van der Waals surface area contributed by atoms with Crippen molar-refractivity contribution in [3.63, 3.8) is 0 Å². The Bertz CT molecular complexity index is 104. The fourth-order valence-electron chi connectivity index (χ4n) is 0.142. The Morgan fingerprint density at radius 1 is 1.44 bits per heavy atom. The third kappa shape index (κ3) is 3.36. The number of amides is 1. The van der Waals surface area contributed by atoms with Crippen LogP contribution in [0.25, 0.3) is 0 Å². The zero-order valence-corrected chi connectivity index (χ0v) is 7.10. The molecule has 0 spiro atoms. The van der Waals surface area contributed by atoms with Gasteiger partial charge in [0.25, 0.3) is 0 Å². The maximum absolute atomic E-state index is 9.73. The maximum Gasteiger partial charge on any atom is 0.220 e. The van der Waals surface area contributed by atoms with E-state index in [1.54, 1.807) is 0 Å². The van der Waals surface area contributed by atoms with E-state index in [1.165, 1.54) is 0 Å². The van der Waals surface area contributed by atoms with E-state index in [9.17, 15) is 4.79 Å². The second-order valence-corrected chi connectivity index (χ2v) is 3.67. The van der Waals surface area contributed by atoms with Gasteiger partial charge >= 0.3 is 0 Å². The first-order chi connectivity index (χ1) is 4.00. The molecule has 54 valence electrons. The minimum Gasteiger partial charge on any atom is -0.325 e. The number of hydrogen-bond acceptors (Lipinski definition) is 1. The van der Waals surface area contributed by atoms with Crippen LogP contribution in [0.5, 0.6) is 0 Å². The molecule has 0 heterocycles. The maximum atomic E-state index is 9.73. The van der Waals surface area contributed by atoms with Crippen molar-refractivity contribution in [1.29, 1.82) is 0 Å². The normalized spacial score (nSPS) is 11.7. The molecule has 0 rings (SSSR count). The fourth-order valence-corrected chi connectivity index (χ4v) is 0.357. The summed E-state index contributed by atoms with van der Waals surface area (Å²) < 4.78 is -1.59. The fraction of sp³-hybridized carbons (Fsp3) is 0.667. The SMILES string of the molecule is O=CNC(Cl)(Cl)C(Cl)Cl. The average Bonchev–Trinajstić information content (AvgIpc) is 1.65. The van der Waals surface area contributed by atoms with Gasteiger partial charge in [-0.25, -0.2) is 0 Å². The zero-order valence-electron chi connectivity index (χ0n) is 4.07. The quantitative estimate of drug-likeness (QED) is 0.429. The molecule has 0 bridgehead atoms. The first-order valence-electron chi connectivity index (χ1n) is 1.88. The molecule has 0 aromatic rings. The van der Waals surface area contributed by atoms with Crippen molar-refractivity contribution in [3.8, 4) is 0 Å². The van der Waals surface area contributed by atoms with Crippen LogP contribution < -0.4 is 5.32 Å². The molecule has 0 saturated carbocycles. The molecular weight excluding hydrogens is 208 g/mol. The first-order valence-corrected chi connectivity index (χ1v) is 3.51. The van der Waals surface area contributed by atoms with E-state index in [0.717, 1.165) is 0 Å². The van der Waals surface area contributed by atoms with Crippen LogP contribution in [0.3, 0.4) is 0 Å². The summed E-state index contributed by atoms with van der Waals surface area (Å²) in [6.45, 7) is 0. The van der Waals surface area contributed by atoms with E-state index in [2.05, 4.69) is 0 Å². The highest BCUT2D eigenvalue weighted by molar-refractivity contribution is 6.59. The van der Waals surface area contributed by atoms with E-state index in [4.69, 9.17) is 46.4 Å². The summed E-state index contributed by atoms with van der Waals surface area (Å²) in [5.41, 5.74) is 0. The van der Waals surface area contributed by atoms with Crippen molar-refractivity contribution in [3.05, 3.63) is 0 Å². The Morgan fingerprint density at radius 3 is 2.00 bits per heavy atom. The smallest absolute Gasteiger partial charge is 0.220 e. The third-order valence-electron chi connectivity index (χ3n) is 0.525. The Labute approximate surface area is 72.4 Å². The molecule has 0 aliphatic carbocycles. The molecule has 0 radical (unpaired) electrons. The molecule has 1 amide bonds. The molecule has 6 heteroatoms. The topological polar surface area (TPSA) is 29.1 Å². The largest absolute Gasteiger partial charge is 0.325 e. The molecule has 0 aliphatic heterocycles. The highest BCUT2D eigenvalue weighted by Crippen LogP contribution is 2.28. The van der Waals surface area contributed by atoms with Gasteiger partial charge in [0.2, 0.25) is 10.9 Å². The van der Waals surface area contributed by atoms with Crippen LogP contribution in [0.4, 0.5) is 0 Å². The van der Waals surface area contributed by atoms with E-state index in [-0.39, 0.29) is 0 Å². The van der Waals surface area contributed by atoms with Gasteiger partial charge in [-0.3, -0.25) is 4.79 Å². The van der Waals surface area contributed by atoms with Crippen LogP contribution in [-0.2, 0) is 4.79 Å². The second-order valence-electron chi connectivity index (χ2n) is 1.19. The standard InChI is InChI=1S/C3H3Cl4NO/c4-2(5)3(6,7)8-1-9/h1-2H,(H,8,9). The summed E-state index contributed by atoms with van der Waals surface area (Å²) in [4.78, 5) is 8.68. The molecule has 0 aliphatic rings. The molecule has 2 nitrogen and oxygen atoms in total. The van der Waals surface area contributed by atoms with Gasteiger partial charge in [0.05, 0.1) is 0 Å². The lowest BCUT2D eigenvalue weighted by molar-refractivity contribution is -0.109. The van der Waals surface area contributed by atoms with Gasteiger partial charge in [-0.1, -0.05) is 46.4 Å². The predicted molar refractivity (Wildman–Crippen MR) is 39.1 cm³/mol. The number of carbonyl (C=O) groups excluding carboxylic acids is 1. The Kier molecular flexibility index (Phi) is 3.97. The van der Waals surface area contributed by atoms with Crippen molar-refractivity contribution in [2.45, 2.75) is 9.29 Å². The lowest BCUT2D eigenvalue weighted by Gasteiger charge is -2.18. The predicted octanol–water partition coefficient (Wildman–Crippen LogP) is 1.67. The van der Waals surface area contributed by atoms with Gasteiger partial charge in [0.1, 0.15) is 0 Å². The number of alkyl halides is 4. The van der Waals surface area contributed by atoms with Gasteiger partial charge in [-0.2, -0.15) is 0 Å². The minimum atomic E-state index is -1.59. The van der Waals surface area contributed by atoms with Crippen molar-refractivity contribution < 1.29 is 4.79 Å². The highest BCUT2D eigenvalue weighted by Gasteiger charge is 2.30. The van der Waals surface area contributed by atoms with Crippen molar-refractivity contribution in [1.82, 2.24) is 5.32 Å². The highest BCUT2D eigenvalue weighted by atomic mass is 35.5. The molecule has 0 saturated heterocycles. The van der Waals surface area contributed by atoms with Gasteiger partial charge < -0.3 is 5.32 Å². The Hall–Kier alpha value is 0.630. The summed E-state index contributed by atoms with van der Waals surface area (Å²) in [7, 11) is 0. The second kappa shape index (κ2) is 3.71. The van der Waals surface area contributed by atoms with Crippen molar-refractivity contribution in [2.75, 3.05) is 0 Å². The van der Waals surface area contributed by atoms with E-state index in [1.807, 2.05) is 5.32 Å². The molecule has 0 atom stereocenters. The summed E-state index contributed by atoms with van der Waals surface area (Å²) in [6.07, 6.45) is 0.317. The van der Waals surface area contributed by atoms with Crippen LogP contribution in [0.1, 0.15) is 0 Å². The summed E-state index contributed by atoms with van der Waals surface area (Å²) in [5.74, 6) is 0. The summed E-state index contributed by atoms with van der Waals surface area (Å²) >= 11 is 21.1. The van der Waals surface area contributed by atoms with E-state index in [0.29, 0.717) is 6.41 Å². The van der Waals surface area contributed by atoms with Gasteiger partial charge in [-0.15, -0.1) is 0 Å². The lowest BCUT2D eigenvalue weighted by atomic mass is 10.7. The Morgan fingerprint density at radius 2 is 1.89 bits per heavy atom. The third-order valence-corrected chi connectivity index (χ3v) is 2.28. The average molecular weight is 211 g/mol. The summed E-state index contributed by atoms with van der Waals surface area (Å²) in [6, 6.07) is 0. The first kappa shape index (κ1) is 9.63. The molecule has 0 unspecified atom stereocenters. The van der Waals surface area contributed by atoms with Crippen molar-refractivity contribution >= 4 is 52.8 Å². The van der Waals surface area contributed by atoms with Crippen LogP contribution in [0.2, 0.25) is 0 Å². The van der Waals surface area contributed by atoms with Gasteiger partial charge in [0.15, 0.2) is 4.84 Å². The van der Waals surface area contributed by atoms with Gasteiger partial charge in [0, 0.05) is 0 Å². The van der Waals surface area contributed by atoms with Crippen LogP contribution in [0, 0.1) is 0 Å². The zero-order chi connectivity index (χ0) is 7.49. The summed E-state index contributed by atoms with van der Waals surface area (Å²) in [5, 5.41) is 2.01. The number of hydrogen-bond donors (Lipinski definition) is 1. The molecular formula is C3H3Cl4NO. The van der Waals surface area contributed by atoms with Crippen LogP contribution in [-0.4, -0.2) is 15.7 Å². The minimum absolute atomic E-state index is 0.317.